The summed E-state index contributed by atoms with van der Waals surface area (Å²) in [5, 5.41) is 9.23. The van der Waals surface area contributed by atoms with E-state index in [0.717, 1.165) is 24.9 Å². The van der Waals surface area contributed by atoms with Gasteiger partial charge < -0.3 is 9.30 Å². The molecule has 1 unspecified atom stereocenters. The topological polar surface area (TPSA) is 67.0 Å². The molecule has 148 valence electrons. The second-order valence-electron chi connectivity index (χ2n) is 6.63. The lowest BCUT2D eigenvalue weighted by Crippen LogP contribution is -2.21. The van der Waals surface area contributed by atoms with E-state index in [4.69, 9.17) is 0 Å². The standard InChI is InChI=1S/C20H16F3N5O/c21-20(22,23)29-16-4-1-3-14(9-16)17-10-15(6-7-25-17)18-11-28(13-26-18)19-5-2-8-27(19)12-24/h1,3-4,6-7,9-11,13,19H,2,5,8H2. The van der Waals surface area contributed by atoms with Crippen LogP contribution < -0.4 is 4.74 Å². The SMILES string of the molecule is N#CN1CCCC1n1cnc(-c2ccnc(-c3cccc(OC(F)(F)F)c3)c2)c1. The number of pyridine rings is 1. The number of halogens is 3. The molecule has 1 aromatic carbocycles. The molecule has 0 aliphatic carbocycles. The van der Waals surface area contributed by atoms with E-state index in [9.17, 15) is 18.4 Å². The van der Waals surface area contributed by atoms with Crippen LogP contribution in [0.1, 0.15) is 19.0 Å². The molecule has 0 saturated carbocycles. The summed E-state index contributed by atoms with van der Waals surface area (Å²) in [4.78, 5) is 10.4. The number of ether oxygens (including phenoxy) is 1. The molecule has 9 heteroatoms. The van der Waals surface area contributed by atoms with Crippen LogP contribution in [0.4, 0.5) is 13.2 Å². The molecule has 1 fully saturated rings. The summed E-state index contributed by atoms with van der Waals surface area (Å²) in [6.45, 7) is 0.727. The summed E-state index contributed by atoms with van der Waals surface area (Å²) < 4.78 is 43.3. The molecule has 0 radical (unpaired) electrons. The van der Waals surface area contributed by atoms with Crippen molar-refractivity contribution in [2.75, 3.05) is 6.54 Å². The van der Waals surface area contributed by atoms with Crippen molar-refractivity contribution in [2.24, 2.45) is 0 Å². The number of hydrogen-bond donors (Lipinski definition) is 0. The number of imidazole rings is 1. The smallest absolute Gasteiger partial charge is 0.406 e. The van der Waals surface area contributed by atoms with E-state index in [1.54, 1.807) is 35.6 Å². The first-order chi connectivity index (χ1) is 13.9. The van der Waals surface area contributed by atoms with Gasteiger partial charge in [-0.25, -0.2) is 4.98 Å². The van der Waals surface area contributed by atoms with Crippen LogP contribution in [0.5, 0.6) is 5.75 Å². The van der Waals surface area contributed by atoms with E-state index in [1.165, 1.54) is 18.2 Å². The summed E-state index contributed by atoms with van der Waals surface area (Å²) in [5.41, 5.74) is 2.47. The van der Waals surface area contributed by atoms with Gasteiger partial charge in [0.05, 0.1) is 17.7 Å². The second kappa shape index (κ2) is 7.47. The maximum absolute atomic E-state index is 12.5. The lowest BCUT2D eigenvalue weighted by Gasteiger charge is -2.19. The monoisotopic (exact) mass is 399 g/mol. The van der Waals surface area contributed by atoms with E-state index >= 15 is 0 Å². The Balaban J connectivity index is 1.60. The van der Waals surface area contributed by atoms with Gasteiger partial charge >= 0.3 is 6.36 Å². The highest BCUT2D eigenvalue weighted by Crippen LogP contribution is 2.30. The van der Waals surface area contributed by atoms with E-state index in [2.05, 4.69) is 20.9 Å². The van der Waals surface area contributed by atoms with Crippen molar-refractivity contribution in [2.45, 2.75) is 25.4 Å². The van der Waals surface area contributed by atoms with Crippen LogP contribution in [0.25, 0.3) is 22.5 Å². The van der Waals surface area contributed by atoms with Gasteiger partial charge in [-0.3, -0.25) is 9.88 Å². The predicted octanol–water partition coefficient (Wildman–Crippen LogP) is 4.59. The average Bonchev–Trinajstić information content (AvgIpc) is 3.36. The zero-order valence-electron chi connectivity index (χ0n) is 15.2. The second-order valence-corrected chi connectivity index (χ2v) is 6.63. The summed E-state index contributed by atoms with van der Waals surface area (Å²) in [6.07, 6.45) is 4.35. The summed E-state index contributed by atoms with van der Waals surface area (Å²) in [6, 6.07) is 9.22. The van der Waals surface area contributed by atoms with E-state index in [0.29, 0.717) is 17.0 Å². The lowest BCUT2D eigenvalue weighted by molar-refractivity contribution is -0.274. The van der Waals surface area contributed by atoms with E-state index < -0.39 is 6.36 Å². The quantitative estimate of drug-likeness (QED) is 0.601. The molecule has 3 aromatic rings. The van der Waals surface area contributed by atoms with Crippen molar-refractivity contribution in [1.82, 2.24) is 19.4 Å². The maximum atomic E-state index is 12.5. The first kappa shape index (κ1) is 18.8. The highest BCUT2D eigenvalue weighted by atomic mass is 19.4. The Morgan fingerprint density at radius 1 is 1.10 bits per heavy atom. The highest BCUT2D eigenvalue weighted by molar-refractivity contribution is 5.68. The summed E-state index contributed by atoms with van der Waals surface area (Å²) in [5.74, 6) is -0.302. The van der Waals surface area contributed by atoms with Crippen molar-refractivity contribution < 1.29 is 17.9 Å². The minimum atomic E-state index is -4.75. The minimum absolute atomic E-state index is 0.0428. The van der Waals surface area contributed by atoms with Crippen LogP contribution in [0.2, 0.25) is 0 Å². The van der Waals surface area contributed by atoms with Crippen molar-refractivity contribution in [3.05, 3.63) is 55.1 Å². The first-order valence-electron chi connectivity index (χ1n) is 8.95. The highest BCUT2D eigenvalue weighted by Gasteiger charge is 2.31. The molecule has 3 heterocycles. The minimum Gasteiger partial charge on any atom is -0.406 e. The van der Waals surface area contributed by atoms with Crippen LogP contribution in [-0.2, 0) is 0 Å². The van der Waals surface area contributed by atoms with Crippen LogP contribution in [0.15, 0.2) is 55.1 Å². The van der Waals surface area contributed by atoms with Crippen molar-refractivity contribution in [3.63, 3.8) is 0 Å². The Labute approximate surface area is 164 Å². The molecular formula is C20H16F3N5O. The fraction of sp³-hybridized carbons (Fsp3) is 0.250. The Bertz CT molecular complexity index is 1060. The van der Waals surface area contributed by atoms with Gasteiger partial charge in [0.2, 0.25) is 0 Å². The Morgan fingerprint density at radius 2 is 1.93 bits per heavy atom. The number of likely N-dealkylation sites (tertiary alicyclic amines) is 1. The van der Waals surface area contributed by atoms with Crippen molar-refractivity contribution in [1.29, 1.82) is 5.26 Å². The lowest BCUT2D eigenvalue weighted by atomic mass is 10.1. The zero-order chi connectivity index (χ0) is 20.4. The number of nitrogens with zero attached hydrogens (tertiary/aromatic N) is 5. The Hall–Kier alpha value is -3.54. The Kier molecular flexibility index (Phi) is 4.84. The third-order valence-electron chi connectivity index (χ3n) is 4.71. The van der Waals surface area contributed by atoms with Gasteiger partial charge in [-0.15, -0.1) is 13.2 Å². The van der Waals surface area contributed by atoms with Crippen LogP contribution >= 0.6 is 0 Å². The molecular weight excluding hydrogens is 383 g/mol. The third-order valence-corrected chi connectivity index (χ3v) is 4.71. The van der Waals surface area contributed by atoms with E-state index in [1.807, 2.05) is 10.8 Å². The molecule has 0 amide bonds. The number of rotatable bonds is 4. The molecule has 29 heavy (non-hydrogen) atoms. The number of benzene rings is 1. The molecule has 0 bridgehead atoms. The first-order valence-corrected chi connectivity index (χ1v) is 8.95. The summed E-state index contributed by atoms with van der Waals surface area (Å²) >= 11 is 0. The number of hydrogen-bond acceptors (Lipinski definition) is 5. The van der Waals surface area contributed by atoms with Gasteiger partial charge in [0, 0.05) is 30.1 Å². The van der Waals surface area contributed by atoms with Crippen LogP contribution in [0.3, 0.4) is 0 Å². The van der Waals surface area contributed by atoms with E-state index in [-0.39, 0.29) is 11.9 Å². The maximum Gasteiger partial charge on any atom is 0.573 e. The van der Waals surface area contributed by atoms with Gasteiger partial charge in [0.1, 0.15) is 11.9 Å². The molecule has 0 N–H and O–H groups in total. The number of nitriles is 1. The van der Waals surface area contributed by atoms with Crippen LogP contribution in [0, 0.1) is 11.5 Å². The third kappa shape index (κ3) is 4.16. The molecule has 1 aliphatic heterocycles. The summed E-state index contributed by atoms with van der Waals surface area (Å²) in [7, 11) is 0. The number of aromatic nitrogens is 3. The molecule has 6 nitrogen and oxygen atoms in total. The van der Waals surface area contributed by atoms with Gasteiger partial charge in [-0.2, -0.15) is 5.26 Å². The zero-order valence-corrected chi connectivity index (χ0v) is 15.2. The fourth-order valence-electron chi connectivity index (χ4n) is 3.42. The van der Waals surface area contributed by atoms with Crippen molar-refractivity contribution >= 4 is 0 Å². The van der Waals surface area contributed by atoms with Gasteiger partial charge in [-0.05, 0) is 37.1 Å². The largest absolute Gasteiger partial charge is 0.573 e. The molecule has 0 spiro atoms. The fourth-order valence-corrected chi connectivity index (χ4v) is 3.42. The predicted molar refractivity (Wildman–Crippen MR) is 98.2 cm³/mol. The molecule has 1 saturated heterocycles. The molecule has 2 aromatic heterocycles. The average molecular weight is 399 g/mol. The van der Waals surface area contributed by atoms with Crippen molar-refractivity contribution in [3.8, 4) is 34.5 Å². The van der Waals surface area contributed by atoms with Crippen LogP contribution in [-0.4, -0.2) is 32.3 Å². The van der Waals surface area contributed by atoms with Gasteiger partial charge in [-0.1, -0.05) is 12.1 Å². The normalized spacial score (nSPS) is 16.6. The Morgan fingerprint density at radius 3 is 2.72 bits per heavy atom. The number of alkyl halides is 3. The van der Waals surface area contributed by atoms with Gasteiger partial charge in [0.25, 0.3) is 0 Å². The molecule has 4 rings (SSSR count). The molecule has 1 aliphatic rings. The molecule has 1 atom stereocenters. The van der Waals surface area contributed by atoms with Gasteiger partial charge in [0.15, 0.2) is 6.19 Å².